The van der Waals surface area contributed by atoms with Crippen molar-refractivity contribution in [2.45, 2.75) is 11.8 Å². The monoisotopic (exact) mass is 440 g/mol. The van der Waals surface area contributed by atoms with E-state index in [2.05, 4.69) is 10.0 Å². The molecule has 3 aromatic carbocycles. The molecule has 3 aromatic rings. The van der Waals surface area contributed by atoms with Crippen LogP contribution in [0.15, 0.2) is 71.6 Å². The molecule has 0 saturated carbocycles. The molecule has 1 heterocycles. The maximum absolute atomic E-state index is 12.8. The van der Waals surface area contributed by atoms with Crippen LogP contribution in [0.5, 0.6) is 17.2 Å². The van der Waals surface area contributed by atoms with Crippen LogP contribution in [0.25, 0.3) is 0 Å². The number of sulfonamides is 1. The zero-order valence-electron chi connectivity index (χ0n) is 16.6. The first-order valence-electron chi connectivity index (χ1n) is 9.52. The van der Waals surface area contributed by atoms with Crippen molar-refractivity contribution in [3.8, 4) is 17.2 Å². The van der Waals surface area contributed by atoms with Crippen molar-refractivity contribution in [3.05, 3.63) is 72.3 Å². The van der Waals surface area contributed by atoms with Gasteiger partial charge < -0.3 is 19.5 Å². The highest BCUT2D eigenvalue weighted by atomic mass is 32.2. The van der Waals surface area contributed by atoms with Gasteiger partial charge in [-0.05, 0) is 55.5 Å². The topological polar surface area (TPSA) is 103 Å². The van der Waals surface area contributed by atoms with Crippen LogP contribution in [-0.2, 0) is 10.0 Å². The summed E-state index contributed by atoms with van der Waals surface area (Å²) in [6.45, 7) is 2.46. The van der Waals surface area contributed by atoms with Gasteiger partial charge in [-0.2, -0.15) is 0 Å². The van der Waals surface area contributed by atoms with Crippen LogP contribution in [0.2, 0.25) is 0 Å². The molecule has 0 radical (unpaired) electrons. The Kier molecular flexibility index (Phi) is 5.68. The van der Waals surface area contributed by atoms with Gasteiger partial charge in [-0.1, -0.05) is 12.1 Å². The summed E-state index contributed by atoms with van der Waals surface area (Å²) in [6.07, 6.45) is 0. The molecule has 0 atom stereocenters. The number of para-hydroxylation sites is 1. The molecule has 0 aliphatic carbocycles. The average Bonchev–Trinajstić information content (AvgIpc) is 3.22. The van der Waals surface area contributed by atoms with E-state index in [1.807, 2.05) is 6.92 Å². The van der Waals surface area contributed by atoms with Crippen molar-refractivity contribution in [2.24, 2.45) is 0 Å². The summed E-state index contributed by atoms with van der Waals surface area (Å²) < 4.78 is 44.0. The zero-order valence-corrected chi connectivity index (χ0v) is 17.4. The van der Waals surface area contributed by atoms with Gasteiger partial charge in [0.15, 0.2) is 11.5 Å². The second-order valence-electron chi connectivity index (χ2n) is 6.58. The van der Waals surface area contributed by atoms with Crippen LogP contribution in [0.3, 0.4) is 0 Å². The van der Waals surface area contributed by atoms with E-state index in [1.54, 1.807) is 48.5 Å². The van der Waals surface area contributed by atoms with E-state index in [1.165, 1.54) is 18.2 Å². The lowest BCUT2D eigenvalue weighted by molar-refractivity contribution is 0.102. The molecule has 4 rings (SSSR count). The molecule has 0 aromatic heterocycles. The Morgan fingerprint density at radius 1 is 1.00 bits per heavy atom. The first-order chi connectivity index (χ1) is 15.0. The molecule has 0 unspecified atom stereocenters. The van der Waals surface area contributed by atoms with Crippen LogP contribution in [0.4, 0.5) is 11.4 Å². The summed E-state index contributed by atoms with van der Waals surface area (Å²) in [7, 11) is -3.90. The first-order valence-corrected chi connectivity index (χ1v) is 11.0. The van der Waals surface area contributed by atoms with E-state index in [9.17, 15) is 13.2 Å². The Morgan fingerprint density at radius 2 is 1.74 bits per heavy atom. The Labute approximate surface area is 179 Å². The minimum Gasteiger partial charge on any atom is -0.494 e. The molecule has 0 bridgehead atoms. The van der Waals surface area contributed by atoms with Crippen molar-refractivity contribution in [2.75, 3.05) is 23.4 Å². The number of nitrogens with one attached hydrogen (secondary N) is 2. The predicted octanol–water partition coefficient (Wildman–Crippen LogP) is 3.87. The summed E-state index contributed by atoms with van der Waals surface area (Å²) in [4.78, 5) is 12.9. The third kappa shape index (κ3) is 4.56. The summed E-state index contributed by atoms with van der Waals surface area (Å²) in [6, 6.07) is 17.4. The van der Waals surface area contributed by atoms with Crippen molar-refractivity contribution >= 4 is 27.3 Å². The minimum atomic E-state index is -3.90. The Morgan fingerprint density at radius 3 is 2.52 bits per heavy atom. The maximum Gasteiger partial charge on any atom is 0.261 e. The minimum absolute atomic E-state index is 0.0573. The molecule has 0 saturated heterocycles. The molecule has 2 N–H and O–H groups in total. The third-order valence-corrected chi connectivity index (χ3v) is 5.87. The average molecular weight is 440 g/mol. The molecule has 0 fully saturated rings. The largest absolute Gasteiger partial charge is 0.494 e. The van der Waals surface area contributed by atoms with E-state index in [4.69, 9.17) is 14.2 Å². The SMILES string of the molecule is CCOc1ccc(S(=O)(=O)Nc2ccccc2C(=O)Nc2ccc3c(c2)OCO3)cc1. The number of carbonyl (C=O) groups excluding carboxylic acids is 1. The number of hydrogen-bond donors (Lipinski definition) is 2. The Hall–Kier alpha value is -3.72. The molecule has 1 aliphatic rings. The highest BCUT2D eigenvalue weighted by Crippen LogP contribution is 2.34. The quantitative estimate of drug-likeness (QED) is 0.578. The van der Waals surface area contributed by atoms with Gasteiger partial charge in [0.05, 0.1) is 22.8 Å². The highest BCUT2D eigenvalue weighted by Gasteiger charge is 2.20. The molecule has 8 nitrogen and oxygen atoms in total. The molecule has 1 amide bonds. The Balaban J connectivity index is 1.54. The fourth-order valence-corrected chi connectivity index (χ4v) is 4.11. The second-order valence-corrected chi connectivity index (χ2v) is 8.26. The molecule has 0 spiro atoms. The summed E-state index contributed by atoms with van der Waals surface area (Å²) in [5, 5.41) is 2.75. The van der Waals surface area contributed by atoms with E-state index in [-0.39, 0.29) is 22.9 Å². The molecule has 31 heavy (non-hydrogen) atoms. The van der Waals surface area contributed by atoms with Gasteiger partial charge in [0.25, 0.3) is 15.9 Å². The normalized spacial score (nSPS) is 12.3. The molecule has 1 aliphatic heterocycles. The number of fused-ring (bicyclic) bond motifs is 1. The third-order valence-electron chi connectivity index (χ3n) is 4.49. The van der Waals surface area contributed by atoms with E-state index < -0.39 is 15.9 Å². The lowest BCUT2D eigenvalue weighted by Gasteiger charge is -2.13. The number of anilines is 2. The Bertz CT molecular complexity index is 1210. The van der Waals surface area contributed by atoms with Crippen LogP contribution in [-0.4, -0.2) is 27.7 Å². The van der Waals surface area contributed by atoms with Gasteiger partial charge in [0.1, 0.15) is 5.75 Å². The van der Waals surface area contributed by atoms with E-state index in [0.717, 1.165) is 0 Å². The first kappa shape index (κ1) is 20.5. The fourth-order valence-electron chi connectivity index (χ4n) is 3.03. The lowest BCUT2D eigenvalue weighted by Crippen LogP contribution is -2.18. The second kappa shape index (κ2) is 8.57. The van der Waals surface area contributed by atoms with Gasteiger partial charge in [-0.3, -0.25) is 9.52 Å². The fraction of sp³-hybridized carbons (Fsp3) is 0.136. The van der Waals surface area contributed by atoms with Crippen LogP contribution < -0.4 is 24.2 Å². The van der Waals surface area contributed by atoms with Crippen LogP contribution in [0.1, 0.15) is 17.3 Å². The number of carbonyl (C=O) groups is 1. The van der Waals surface area contributed by atoms with Crippen LogP contribution in [0, 0.1) is 0 Å². The van der Waals surface area contributed by atoms with Gasteiger partial charge in [-0.25, -0.2) is 8.42 Å². The number of hydrogen-bond acceptors (Lipinski definition) is 6. The summed E-state index contributed by atoms with van der Waals surface area (Å²) in [5.41, 5.74) is 0.836. The maximum atomic E-state index is 12.8. The number of ether oxygens (including phenoxy) is 3. The van der Waals surface area contributed by atoms with E-state index >= 15 is 0 Å². The van der Waals surface area contributed by atoms with Gasteiger partial charge in [-0.15, -0.1) is 0 Å². The van der Waals surface area contributed by atoms with Crippen molar-refractivity contribution in [1.82, 2.24) is 0 Å². The van der Waals surface area contributed by atoms with Crippen molar-refractivity contribution < 1.29 is 27.4 Å². The molecule has 160 valence electrons. The molecule has 9 heteroatoms. The highest BCUT2D eigenvalue weighted by molar-refractivity contribution is 7.92. The van der Waals surface area contributed by atoms with E-state index in [0.29, 0.717) is 29.5 Å². The summed E-state index contributed by atoms with van der Waals surface area (Å²) >= 11 is 0. The molecular weight excluding hydrogens is 420 g/mol. The number of amides is 1. The summed E-state index contributed by atoms with van der Waals surface area (Å²) in [5.74, 6) is 1.23. The van der Waals surface area contributed by atoms with Crippen molar-refractivity contribution in [3.63, 3.8) is 0 Å². The zero-order chi connectivity index (χ0) is 21.8. The smallest absolute Gasteiger partial charge is 0.261 e. The number of rotatable bonds is 7. The standard InChI is InChI=1S/C22H20N2O6S/c1-2-28-16-8-10-17(11-9-16)31(26,27)24-19-6-4-3-5-18(19)22(25)23-15-7-12-20-21(13-15)30-14-29-20/h3-13,24H,2,14H2,1H3,(H,23,25). The van der Waals surface area contributed by atoms with Gasteiger partial charge in [0.2, 0.25) is 6.79 Å². The number of benzene rings is 3. The van der Waals surface area contributed by atoms with Gasteiger partial charge >= 0.3 is 0 Å². The lowest BCUT2D eigenvalue weighted by atomic mass is 10.1. The van der Waals surface area contributed by atoms with Crippen LogP contribution >= 0.6 is 0 Å². The van der Waals surface area contributed by atoms with Crippen molar-refractivity contribution in [1.29, 1.82) is 0 Å². The molecular formula is C22H20N2O6S. The van der Waals surface area contributed by atoms with Gasteiger partial charge in [0, 0.05) is 11.8 Å². The predicted molar refractivity (Wildman–Crippen MR) is 115 cm³/mol.